The molecule has 24 heavy (non-hydrogen) atoms. The Kier molecular flexibility index (Phi) is 3.49. The fourth-order valence-corrected chi connectivity index (χ4v) is 2.61. The smallest absolute Gasteiger partial charge is 0.355 e. The minimum absolute atomic E-state index is 0.000426. The summed E-state index contributed by atoms with van der Waals surface area (Å²) in [6, 6.07) is 9.15. The van der Waals surface area contributed by atoms with Crippen molar-refractivity contribution in [2.24, 2.45) is 0 Å². The van der Waals surface area contributed by atoms with Gasteiger partial charge in [-0.3, -0.25) is 10.1 Å². The van der Waals surface area contributed by atoms with Crippen molar-refractivity contribution in [2.45, 2.75) is 6.18 Å². The van der Waals surface area contributed by atoms with E-state index in [0.717, 1.165) is 12.1 Å². The van der Waals surface area contributed by atoms with Gasteiger partial charge in [-0.1, -0.05) is 18.2 Å². The van der Waals surface area contributed by atoms with E-state index < -0.39 is 16.7 Å². The van der Waals surface area contributed by atoms with Gasteiger partial charge < -0.3 is 4.98 Å². The van der Waals surface area contributed by atoms with Crippen molar-refractivity contribution in [3.05, 3.63) is 63.8 Å². The summed E-state index contributed by atoms with van der Waals surface area (Å²) < 4.78 is 39.7. The van der Waals surface area contributed by atoms with E-state index in [0.29, 0.717) is 0 Å². The minimum Gasteiger partial charge on any atom is -0.355 e. The molecule has 8 heteroatoms. The lowest BCUT2D eigenvalue weighted by Crippen LogP contribution is -2.06. The first-order chi connectivity index (χ1) is 11.3. The fourth-order valence-electron chi connectivity index (χ4n) is 2.61. The monoisotopic (exact) mass is 331 g/mol. The Morgan fingerprint density at radius 3 is 2.50 bits per heavy atom. The predicted molar refractivity (Wildman–Crippen MR) is 80.1 cm³/mol. The van der Waals surface area contributed by atoms with Crippen molar-refractivity contribution in [1.82, 2.24) is 4.98 Å². The predicted octanol–water partition coefficient (Wildman–Crippen LogP) is 4.63. The molecule has 0 bridgehead atoms. The zero-order chi connectivity index (χ0) is 17.5. The van der Waals surface area contributed by atoms with Gasteiger partial charge in [0.1, 0.15) is 5.52 Å². The molecule has 0 aliphatic heterocycles. The molecule has 0 unspecified atom stereocenters. The summed E-state index contributed by atoms with van der Waals surface area (Å²) >= 11 is 0. The van der Waals surface area contributed by atoms with E-state index >= 15 is 0 Å². The maximum atomic E-state index is 13.2. The number of fused-ring (bicyclic) bond motifs is 1. The molecule has 0 fully saturated rings. The molecule has 0 radical (unpaired) electrons. The Hall–Kier alpha value is -3.34. The van der Waals surface area contributed by atoms with Gasteiger partial charge in [-0.05, 0) is 17.7 Å². The van der Waals surface area contributed by atoms with Crippen LogP contribution in [0.3, 0.4) is 0 Å². The number of rotatable bonds is 2. The highest BCUT2D eigenvalue weighted by molar-refractivity contribution is 6.01. The van der Waals surface area contributed by atoms with Crippen molar-refractivity contribution in [3.63, 3.8) is 0 Å². The van der Waals surface area contributed by atoms with Crippen LogP contribution in [0, 0.1) is 21.4 Å². The highest BCUT2D eigenvalue weighted by Gasteiger charge is 2.34. The number of hydrogen-bond donors (Lipinski definition) is 1. The van der Waals surface area contributed by atoms with E-state index in [1.807, 2.05) is 0 Å². The van der Waals surface area contributed by atoms with Gasteiger partial charge in [-0.15, -0.1) is 0 Å². The van der Waals surface area contributed by atoms with Gasteiger partial charge >= 0.3 is 6.18 Å². The van der Waals surface area contributed by atoms with Crippen LogP contribution in [0.25, 0.3) is 22.0 Å². The summed E-state index contributed by atoms with van der Waals surface area (Å²) in [5.74, 6) is 0. The first-order valence-corrected chi connectivity index (χ1v) is 6.69. The van der Waals surface area contributed by atoms with Crippen LogP contribution in [0.15, 0.2) is 42.6 Å². The van der Waals surface area contributed by atoms with E-state index in [2.05, 4.69) is 4.98 Å². The second-order valence-corrected chi connectivity index (χ2v) is 5.03. The van der Waals surface area contributed by atoms with Gasteiger partial charge in [-0.2, -0.15) is 18.4 Å². The van der Waals surface area contributed by atoms with E-state index in [-0.39, 0.29) is 33.3 Å². The summed E-state index contributed by atoms with van der Waals surface area (Å²) in [5.41, 5.74) is -1.10. The summed E-state index contributed by atoms with van der Waals surface area (Å²) in [5, 5.41) is 20.4. The molecular formula is C16H8F3N3O2. The van der Waals surface area contributed by atoms with E-state index in [1.54, 1.807) is 6.07 Å². The average molecular weight is 331 g/mol. The van der Waals surface area contributed by atoms with Crippen LogP contribution in [0.4, 0.5) is 18.9 Å². The number of benzene rings is 2. The van der Waals surface area contributed by atoms with Crippen LogP contribution >= 0.6 is 0 Å². The maximum Gasteiger partial charge on any atom is 0.417 e. The number of alkyl halides is 3. The van der Waals surface area contributed by atoms with Crippen LogP contribution in [-0.4, -0.2) is 9.91 Å². The third-order valence-corrected chi connectivity index (χ3v) is 3.62. The molecular weight excluding hydrogens is 323 g/mol. The van der Waals surface area contributed by atoms with Gasteiger partial charge in [0.05, 0.1) is 22.1 Å². The number of hydrogen-bond acceptors (Lipinski definition) is 3. The van der Waals surface area contributed by atoms with Crippen LogP contribution in [0.1, 0.15) is 11.1 Å². The lowest BCUT2D eigenvalue weighted by atomic mass is 9.98. The van der Waals surface area contributed by atoms with Crippen molar-refractivity contribution in [1.29, 1.82) is 5.26 Å². The summed E-state index contributed by atoms with van der Waals surface area (Å²) in [7, 11) is 0. The Labute approximate surface area is 133 Å². The number of nitriles is 1. The lowest BCUT2D eigenvalue weighted by molar-refractivity contribution is -0.383. The summed E-state index contributed by atoms with van der Waals surface area (Å²) in [6.07, 6.45) is -3.29. The normalized spacial score (nSPS) is 11.4. The largest absolute Gasteiger partial charge is 0.417 e. The van der Waals surface area contributed by atoms with Crippen molar-refractivity contribution < 1.29 is 18.1 Å². The fraction of sp³-hybridized carbons (Fsp3) is 0.0625. The van der Waals surface area contributed by atoms with Crippen LogP contribution in [0.2, 0.25) is 0 Å². The molecule has 0 aliphatic rings. The van der Waals surface area contributed by atoms with E-state index in [9.17, 15) is 23.3 Å². The Morgan fingerprint density at radius 2 is 1.88 bits per heavy atom. The van der Waals surface area contributed by atoms with Crippen LogP contribution in [0.5, 0.6) is 0 Å². The Balaban J connectivity index is 2.36. The van der Waals surface area contributed by atoms with Gasteiger partial charge in [0, 0.05) is 23.2 Å². The molecule has 0 aliphatic carbocycles. The second kappa shape index (κ2) is 5.38. The third kappa shape index (κ3) is 2.46. The molecule has 0 saturated carbocycles. The van der Waals surface area contributed by atoms with Crippen molar-refractivity contribution >= 4 is 16.6 Å². The molecule has 1 N–H and O–H groups in total. The van der Waals surface area contributed by atoms with Gasteiger partial charge in [-0.25, -0.2) is 0 Å². The number of H-pyrrole nitrogens is 1. The molecule has 120 valence electrons. The number of non-ortho nitro benzene ring substituents is 1. The Morgan fingerprint density at radius 1 is 1.17 bits per heavy atom. The van der Waals surface area contributed by atoms with Crippen LogP contribution < -0.4 is 0 Å². The van der Waals surface area contributed by atoms with E-state index in [1.165, 1.54) is 30.5 Å². The number of nitrogens with zero attached hydrogens (tertiary/aromatic N) is 2. The maximum absolute atomic E-state index is 13.2. The first kappa shape index (κ1) is 15.6. The second-order valence-electron chi connectivity index (χ2n) is 5.03. The molecule has 5 nitrogen and oxygen atoms in total. The number of nitro benzene ring substituents is 1. The van der Waals surface area contributed by atoms with Gasteiger partial charge in [0.2, 0.25) is 0 Å². The molecule has 2 aromatic carbocycles. The minimum atomic E-state index is -4.57. The summed E-state index contributed by atoms with van der Waals surface area (Å²) in [4.78, 5) is 13.1. The number of aromatic nitrogens is 1. The van der Waals surface area contributed by atoms with Crippen LogP contribution in [-0.2, 0) is 6.18 Å². The SMILES string of the molecule is N#Cc1cc([N+](=O)[O-])c2[nH]cc(-c3ccccc3C(F)(F)F)c2c1. The first-order valence-electron chi connectivity index (χ1n) is 6.69. The zero-order valence-corrected chi connectivity index (χ0v) is 11.9. The third-order valence-electron chi connectivity index (χ3n) is 3.62. The quantitative estimate of drug-likeness (QED) is 0.549. The molecule has 0 spiro atoms. The standard InChI is InChI=1S/C16H8F3N3O2/c17-16(18,19)13-4-2-1-3-10(13)12-8-21-15-11(12)5-9(7-20)6-14(15)22(23)24/h1-6,8,21H. The van der Waals surface area contributed by atoms with Gasteiger partial charge in [0.25, 0.3) is 5.69 Å². The molecule has 0 saturated heterocycles. The zero-order valence-electron chi connectivity index (χ0n) is 11.9. The number of aromatic amines is 1. The number of nitrogens with one attached hydrogen (secondary N) is 1. The van der Waals surface area contributed by atoms with Crippen molar-refractivity contribution in [3.8, 4) is 17.2 Å². The topological polar surface area (TPSA) is 82.7 Å². The average Bonchev–Trinajstić information content (AvgIpc) is 2.96. The molecule has 1 aromatic heterocycles. The lowest BCUT2D eigenvalue weighted by Gasteiger charge is -2.12. The number of halogens is 3. The Bertz CT molecular complexity index is 1000. The molecule has 3 rings (SSSR count). The van der Waals surface area contributed by atoms with Gasteiger partial charge in [0.15, 0.2) is 0 Å². The molecule has 3 aromatic rings. The number of nitro groups is 1. The highest BCUT2D eigenvalue weighted by atomic mass is 19.4. The van der Waals surface area contributed by atoms with Crippen molar-refractivity contribution in [2.75, 3.05) is 0 Å². The summed E-state index contributed by atoms with van der Waals surface area (Å²) in [6.45, 7) is 0. The molecule has 0 atom stereocenters. The van der Waals surface area contributed by atoms with E-state index in [4.69, 9.17) is 5.26 Å². The highest BCUT2D eigenvalue weighted by Crippen LogP contribution is 2.41. The molecule has 1 heterocycles. The molecule has 0 amide bonds.